The van der Waals surface area contributed by atoms with Gasteiger partial charge in [0.05, 0.1) is 4.90 Å². The van der Waals surface area contributed by atoms with Gasteiger partial charge >= 0.3 is 0 Å². The van der Waals surface area contributed by atoms with Crippen LogP contribution in [0.15, 0.2) is 23.1 Å². The average molecular weight is 316 g/mol. The maximum Gasteiger partial charge on any atom is 0.242 e. The van der Waals surface area contributed by atoms with Crippen molar-refractivity contribution in [2.45, 2.75) is 44.6 Å². The molecule has 0 aliphatic carbocycles. The van der Waals surface area contributed by atoms with Crippen molar-refractivity contribution < 1.29 is 12.8 Å². The molecule has 0 heterocycles. The van der Waals surface area contributed by atoms with Crippen LogP contribution in [-0.4, -0.2) is 32.9 Å². The van der Waals surface area contributed by atoms with Gasteiger partial charge in [0.15, 0.2) is 0 Å². The summed E-state index contributed by atoms with van der Waals surface area (Å²) in [5.74, 6) is -0.381. The van der Waals surface area contributed by atoms with Crippen molar-refractivity contribution in [3.8, 4) is 0 Å². The molecule has 0 spiro atoms. The molecule has 1 rings (SSSR count). The highest BCUT2D eigenvalue weighted by molar-refractivity contribution is 7.89. The summed E-state index contributed by atoms with van der Waals surface area (Å²) in [6.45, 7) is 5.61. The van der Waals surface area contributed by atoms with Crippen LogP contribution in [0.5, 0.6) is 0 Å². The number of rotatable bonds is 9. The standard InChI is InChI=1S/C15H25FN2O2S/c1-4-6-10-18(3)21(19,20)14-7-8-15(16)13(11-14)12-17-9-5-2/h7-8,11,17H,4-6,9-10,12H2,1-3H3. The van der Waals surface area contributed by atoms with Gasteiger partial charge in [0, 0.05) is 25.7 Å². The van der Waals surface area contributed by atoms with Crippen molar-refractivity contribution in [3.05, 3.63) is 29.6 Å². The zero-order chi connectivity index (χ0) is 15.9. The molecule has 120 valence electrons. The molecule has 0 saturated heterocycles. The van der Waals surface area contributed by atoms with Crippen molar-refractivity contribution in [1.29, 1.82) is 0 Å². The Kier molecular flexibility index (Phi) is 7.28. The summed E-state index contributed by atoms with van der Waals surface area (Å²) < 4.78 is 39.9. The van der Waals surface area contributed by atoms with E-state index in [0.29, 0.717) is 18.7 Å². The van der Waals surface area contributed by atoms with Gasteiger partial charge in [-0.3, -0.25) is 0 Å². The zero-order valence-corrected chi connectivity index (χ0v) is 13.8. The predicted molar refractivity (Wildman–Crippen MR) is 83.1 cm³/mol. The highest BCUT2D eigenvalue weighted by Crippen LogP contribution is 2.18. The summed E-state index contributed by atoms with van der Waals surface area (Å²) in [6, 6.07) is 3.98. The van der Waals surface area contributed by atoms with Crippen LogP contribution < -0.4 is 5.32 Å². The lowest BCUT2D eigenvalue weighted by Gasteiger charge is -2.17. The minimum absolute atomic E-state index is 0.149. The van der Waals surface area contributed by atoms with Crippen LogP contribution in [-0.2, 0) is 16.6 Å². The second-order valence-corrected chi connectivity index (χ2v) is 7.16. The van der Waals surface area contributed by atoms with Gasteiger partial charge in [-0.1, -0.05) is 20.3 Å². The highest BCUT2D eigenvalue weighted by atomic mass is 32.2. The lowest BCUT2D eigenvalue weighted by atomic mass is 10.2. The maximum atomic E-state index is 13.7. The van der Waals surface area contributed by atoms with E-state index in [4.69, 9.17) is 0 Å². The molecule has 0 fully saturated rings. The molecule has 0 radical (unpaired) electrons. The SMILES string of the molecule is CCCCN(C)S(=O)(=O)c1ccc(F)c(CNCCC)c1. The molecule has 1 aromatic carbocycles. The molecule has 0 unspecified atom stereocenters. The summed E-state index contributed by atoms with van der Waals surface area (Å²) in [6.07, 6.45) is 2.68. The fourth-order valence-corrected chi connectivity index (χ4v) is 3.19. The molecule has 0 aliphatic rings. The van der Waals surface area contributed by atoms with Crippen LogP contribution in [0.4, 0.5) is 4.39 Å². The van der Waals surface area contributed by atoms with E-state index in [1.54, 1.807) is 7.05 Å². The van der Waals surface area contributed by atoms with E-state index in [1.165, 1.54) is 22.5 Å². The number of hydrogen-bond donors (Lipinski definition) is 1. The molecule has 0 saturated carbocycles. The molecule has 21 heavy (non-hydrogen) atoms. The van der Waals surface area contributed by atoms with Gasteiger partial charge < -0.3 is 5.32 Å². The number of hydrogen-bond acceptors (Lipinski definition) is 3. The summed E-state index contributed by atoms with van der Waals surface area (Å²) in [4.78, 5) is 0.149. The molecule has 0 amide bonds. The number of nitrogens with one attached hydrogen (secondary N) is 1. The third-order valence-corrected chi connectivity index (χ3v) is 5.15. The monoisotopic (exact) mass is 316 g/mol. The summed E-state index contributed by atoms with van der Waals surface area (Å²) in [5, 5.41) is 3.09. The lowest BCUT2D eigenvalue weighted by Crippen LogP contribution is -2.28. The predicted octanol–water partition coefficient (Wildman–Crippen LogP) is 2.75. The van der Waals surface area contributed by atoms with Crippen molar-refractivity contribution in [3.63, 3.8) is 0 Å². The Bertz CT molecular complexity index is 547. The van der Waals surface area contributed by atoms with Crippen molar-refractivity contribution in [2.75, 3.05) is 20.1 Å². The Morgan fingerprint density at radius 1 is 1.24 bits per heavy atom. The Labute approximate surface area is 127 Å². The number of sulfonamides is 1. The first-order valence-corrected chi connectivity index (χ1v) is 8.83. The lowest BCUT2D eigenvalue weighted by molar-refractivity contribution is 0.459. The van der Waals surface area contributed by atoms with Gasteiger partial charge in [0.1, 0.15) is 5.82 Å². The summed E-state index contributed by atoms with van der Waals surface area (Å²) in [7, 11) is -1.98. The molecule has 4 nitrogen and oxygen atoms in total. The van der Waals surface area contributed by atoms with E-state index >= 15 is 0 Å². The minimum Gasteiger partial charge on any atom is -0.313 e. The van der Waals surface area contributed by atoms with E-state index < -0.39 is 10.0 Å². The van der Waals surface area contributed by atoms with Crippen LogP contribution in [0.1, 0.15) is 38.7 Å². The van der Waals surface area contributed by atoms with E-state index in [0.717, 1.165) is 25.8 Å². The van der Waals surface area contributed by atoms with Gasteiger partial charge in [-0.05, 0) is 37.6 Å². The van der Waals surface area contributed by atoms with Gasteiger partial charge in [0.2, 0.25) is 10.0 Å². The topological polar surface area (TPSA) is 49.4 Å². The zero-order valence-electron chi connectivity index (χ0n) is 13.0. The molecule has 0 atom stereocenters. The Hall–Kier alpha value is -0.980. The van der Waals surface area contributed by atoms with E-state index in [1.807, 2.05) is 13.8 Å². The first kappa shape index (κ1) is 18.1. The first-order chi connectivity index (χ1) is 9.93. The minimum atomic E-state index is -3.54. The van der Waals surface area contributed by atoms with Crippen molar-refractivity contribution in [2.24, 2.45) is 0 Å². The van der Waals surface area contributed by atoms with Gasteiger partial charge in [-0.2, -0.15) is 0 Å². The van der Waals surface area contributed by atoms with Crippen LogP contribution in [0, 0.1) is 5.82 Å². The van der Waals surface area contributed by atoms with Crippen LogP contribution in [0.2, 0.25) is 0 Å². The second-order valence-electron chi connectivity index (χ2n) is 5.11. The van der Waals surface area contributed by atoms with E-state index in [-0.39, 0.29) is 10.7 Å². The van der Waals surface area contributed by atoms with Gasteiger partial charge in [-0.15, -0.1) is 0 Å². The van der Waals surface area contributed by atoms with Crippen molar-refractivity contribution >= 4 is 10.0 Å². The van der Waals surface area contributed by atoms with E-state index in [2.05, 4.69) is 5.32 Å². The first-order valence-electron chi connectivity index (χ1n) is 7.39. The normalized spacial score (nSPS) is 12.0. The summed E-state index contributed by atoms with van der Waals surface area (Å²) >= 11 is 0. The quantitative estimate of drug-likeness (QED) is 0.713. The average Bonchev–Trinajstić information content (AvgIpc) is 2.46. The fraction of sp³-hybridized carbons (Fsp3) is 0.600. The van der Waals surface area contributed by atoms with E-state index in [9.17, 15) is 12.8 Å². The molecular weight excluding hydrogens is 291 g/mol. The smallest absolute Gasteiger partial charge is 0.242 e. The third-order valence-electron chi connectivity index (χ3n) is 3.29. The molecule has 1 N–H and O–H groups in total. The number of halogens is 1. The molecule has 0 aliphatic heterocycles. The number of unbranched alkanes of at least 4 members (excludes halogenated alkanes) is 1. The van der Waals surface area contributed by atoms with Crippen LogP contribution >= 0.6 is 0 Å². The largest absolute Gasteiger partial charge is 0.313 e. The Morgan fingerprint density at radius 2 is 1.95 bits per heavy atom. The number of benzene rings is 1. The highest BCUT2D eigenvalue weighted by Gasteiger charge is 2.21. The summed E-state index contributed by atoms with van der Waals surface area (Å²) in [5.41, 5.74) is 0.383. The Balaban J connectivity index is 2.94. The fourth-order valence-electron chi connectivity index (χ4n) is 1.93. The molecule has 0 bridgehead atoms. The molecule has 6 heteroatoms. The van der Waals surface area contributed by atoms with Crippen LogP contribution in [0.25, 0.3) is 0 Å². The molecule has 0 aromatic heterocycles. The van der Waals surface area contributed by atoms with Crippen LogP contribution in [0.3, 0.4) is 0 Å². The third kappa shape index (κ3) is 5.05. The van der Waals surface area contributed by atoms with Gasteiger partial charge in [-0.25, -0.2) is 17.1 Å². The van der Waals surface area contributed by atoms with Gasteiger partial charge in [0.25, 0.3) is 0 Å². The molecule has 1 aromatic rings. The second kappa shape index (κ2) is 8.46. The Morgan fingerprint density at radius 3 is 2.57 bits per heavy atom. The number of nitrogens with zero attached hydrogens (tertiary/aromatic N) is 1. The maximum absolute atomic E-state index is 13.7. The molecular formula is C15H25FN2O2S. The van der Waals surface area contributed by atoms with Crippen molar-refractivity contribution in [1.82, 2.24) is 9.62 Å².